The Balaban J connectivity index is 1.32. The first-order valence-corrected chi connectivity index (χ1v) is 15.7. The van der Waals surface area contributed by atoms with Crippen molar-refractivity contribution in [2.75, 3.05) is 26.2 Å². The lowest BCUT2D eigenvalue weighted by Crippen LogP contribution is -2.51. The Labute approximate surface area is 255 Å². The molecule has 1 saturated carbocycles. The lowest BCUT2D eigenvalue weighted by molar-refractivity contribution is -0.384. The quantitative estimate of drug-likeness (QED) is 0.214. The van der Waals surface area contributed by atoms with Crippen molar-refractivity contribution in [1.82, 2.24) is 20.4 Å². The van der Waals surface area contributed by atoms with Gasteiger partial charge in [-0.25, -0.2) is 4.79 Å². The van der Waals surface area contributed by atoms with Crippen molar-refractivity contribution in [3.63, 3.8) is 0 Å². The Morgan fingerprint density at radius 2 is 1.74 bits per heavy atom. The van der Waals surface area contributed by atoms with Crippen molar-refractivity contribution >= 4 is 17.7 Å². The van der Waals surface area contributed by atoms with Crippen LogP contribution in [-0.4, -0.2) is 76.1 Å². The fraction of sp³-hybridized carbons (Fsp3) is 0.576. The van der Waals surface area contributed by atoms with E-state index in [4.69, 9.17) is 0 Å². The van der Waals surface area contributed by atoms with Crippen LogP contribution in [0.1, 0.15) is 69.9 Å². The Morgan fingerprint density at radius 1 is 1.07 bits per heavy atom. The van der Waals surface area contributed by atoms with Gasteiger partial charge < -0.3 is 25.5 Å². The average molecular weight is 594 g/mol. The van der Waals surface area contributed by atoms with Crippen molar-refractivity contribution in [1.29, 1.82) is 0 Å². The number of aliphatic carboxylic acids is 1. The van der Waals surface area contributed by atoms with E-state index in [2.05, 4.69) is 53.6 Å². The zero-order valence-electron chi connectivity index (χ0n) is 25.7. The van der Waals surface area contributed by atoms with Gasteiger partial charge in [-0.2, -0.15) is 0 Å². The molecule has 4 atom stereocenters. The van der Waals surface area contributed by atoms with Gasteiger partial charge in [0.1, 0.15) is 6.04 Å². The molecule has 3 N–H and O–H groups in total. The molecular formula is C33H47N5O5. The molecule has 2 aliphatic rings. The van der Waals surface area contributed by atoms with Crippen molar-refractivity contribution in [3.8, 4) is 0 Å². The van der Waals surface area contributed by atoms with E-state index in [0.717, 1.165) is 50.9 Å². The lowest BCUT2D eigenvalue weighted by Gasteiger charge is -2.39. The van der Waals surface area contributed by atoms with Gasteiger partial charge in [0.2, 0.25) is 0 Å². The Hall–Kier alpha value is -3.50. The summed E-state index contributed by atoms with van der Waals surface area (Å²) in [5.74, 6) is 0.344. The van der Waals surface area contributed by atoms with Crippen molar-refractivity contribution in [2.24, 2.45) is 11.8 Å². The number of urea groups is 1. The normalized spacial score (nSPS) is 21.9. The van der Waals surface area contributed by atoms with E-state index in [1.807, 2.05) is 17.9 Å². The molecule has 0 bridgehead atoms. The van der Waals surface area contributed by atoms with Crippen molar-refractivity contribution in [3.05, 3.63) is 75.8 Å². The number of nitrogens with zero attached hydrogens (tertiary/aromatic N) is 3. The number of rotatable bonds is 13. The van der Waals surface area contributed by atoms with Gasteiger partial charge in [0.15, 0.2) is 0 Å². The molecule has 0 radical (unpaired) electrons. The monoisotopic (exact) mass is 593 g/mol. The average Bonchev–Trinajstić information content (AvgIpc) is 3.39. The van der Waals surface area contributed by atoms with Crippen LogP contribution in [0.2, 0.25) is 0 Å². The standard InChI is InChI=1S/C33H47N5O5/c1-4-37(33(41)34-21-24-10-12-29(13-11-24)38(42)43)28-14-16-36(17-15-28)22-26-19-27(35-31(32(39)40)18-23(2)3)20-30(26)25-8-6-5-7-9-25/h5-13,23,26-28,30-31,35H,4,14-22H2,1-3H3,(H,34,41)(H,39,40). The number of benzene rings is 2. The molecule has 2 fully saturated rings. The van der Waals surface area contributed by atoms with E-state index in [0.29, 0.717) is 37.3 Å². The molecule has 4 rings (SSSR count). The number of amides is 2. The third kappa shape index (κ3) is 9.00. The fourth-order valence-electron chi connectivity index (χ4n) is 6.89. The Bertz CT molecular complexity index is 1200. The smallest absolute Gasteiger partial charge is 0.320 e. The molecule has 234 valence electrons. The van der Waals surface area contributed by atoms with E-state index >= 15 is 0 Å². The summed E-state index contributed by atoms with van der Waals surface area (Å²) in [6.45, 7) is 9.85. The molecule has 2 amide bonds. The molecule has 2 aromatic carbocycles. The first-order chi connectivity index (χ1) is 20.6. The third-order valence-electron chi connectivity index (χ3n) is 9.05. The van der Waals surface area contributed by atoms with Gasteiger partial charge in [-0.05, 0) is 67.9 Å². The number of piperidine rings is 1. The van der Waals surface area contributed by atoms with Crippen LogP contribution in [0.25, 0.3) is 0 Å². The van der Waals surface area contributed by atoms with Gasteiger partial charge in [-0.3, -0.25) is 14.9 Å². The van der Waals surface area contributed by atoms with Crippen LogP contribution in [0, 0.1) is 22.0 Å². The first-order valence-electron chi connectivity index (χ1n) is 15.7. The maximum atomic E-state index is 13.1. The maximum absolute atomic E-state index is 13.1. The van der Waals surface area contributed by atoms with Crippen LogP contribution in [0.5, 0.6) is 0 Å². The zero-order chi connectivity index (χ0) is 30.9. The summed E-state index contributed by atoms with van der Waals surface area (Å²) in [5, 5.41) is 27.2. The highest BCUT2D eigenvalue weighted by molar-refractivity contribution is 5.74. The molecule has 1 saturated heterocycles. The van der Waals surface area contributed by atoms with Crippen LogP contribution in [0.4, 0.5) is 10.5 Å². The second kappa shape index (κ2) is 15.3. The predicted molar refractivity (Wildman–Crippen MR) is 167 cm³/mol. The highest BCUT2D eigenvalue weighted by Gasteiger charge is 2.38. The van der Waals surface area contributed by atoms with Gasteiger partial charge in [-0.1, -0.05) is 56.3 Å². The van der Waals surface area contributed by atoms with Gasteiger partial charge >= 0.3 is 12.0 Å². The van der Waals surface area contributed by atoms with Crippen molar-refractivity contribution in [2.45, 2.75) is 83.5 Å². The Morgan fingerprint density at radius 3 is 2.33 bits per heavy atom. The SMILES string of the molecule is CCN(C(=O)NCc1ccc([N+](=O)[O-])cc1)C1CCN(CC2CC(NC(CC(C)C)C(=O)O)CC2c2ccccc2)CC1. The summed E-state index contributed by atoms with van der Waals surface area (Å²) < 4.78 is 0. The number of non-ortho nitro benzene ring substituents is 1. The largest absolute Gasteiger partial charge is 0.480 e. The fourth-order valence-corrected chi connectivity index (χ4v) is 6.89. The summed E-state index contributed by atoms with van der Waals surface area (Å²) in [7, 11) is 0. The zero-order valence-corrected chi connectivity index (χ0v) is 25.7. The minimum absolute atomic E-state index is 0.0343. The molecule has 1 aliphatic carbocycles. The van der Waals surface area contributed by atoms with Gasteiger partial charge in [-0.15, -0.1) is 0 Å². The second-order valence-corrected chi connectivity index (χ2v) is 12.5. The van der Waals surface area contributed by atoms with E-state index in [-0.39, 0.29) is 23.8 Å². The molecule has 1 heterocycles. The number of hydrogen-bond donors (Lipinski definition) is 3. The van der Waals surface area contributed by atoms with Gasteiger partial charge in [0.05, 0.1) is 4.92 Å². The van der Waals surface area contributed by atoms with E-state index in [1.54, 1.807) is 12.1 Å². The molecule has 0 aromatic heterocycles. The summed E-state index contributed by atoms with van der Waals surface area (Å²) in [6, 6.07) is 16.6. The minimum atomic E-state index is -0.771. The van der Waals surface area contributed by atoms with Crippen molar-refractivity contribution < 1.29 is 19.6 Å². The summed E-state index contributed by atoms with van der Waals surface area (Å²) in [6.07, 6.45) is 4.31. The van der Waals surface area contributed by atoms with Crippen LogP contribution in [-0.2, 0) is 11.3 Å². The number of nitrogens with one attached hydrogen (secondary N) is 2. The van der Waals surface area contributed by atoms with E-state index < -0.39 is 16.9 Å². The molecule has 1 aliphatic heterocycles. The molecule has 2 aromatic rings. The molecule has 4 unspecified atom stereocenters. The number of likely N-dealkylation sites (tertiary alicyclic amines) is 1. The number of nitro groups is 1. The first kappa shape index (κ1) is 32.4. The summed E-state index contributed by atoms with van der Waals surface area (Å²) in [5.41, 5.74) is 2.18. The number of carboxylic acids is 1. The highest BCUT2D eigenvalue weighted by atomic mass is 16.6. The van der Waals surface area contributed by atoms with E-state index in [9.17, 15) is 24.8 Å². The number of carboxylic acid groups (broad SMARTS) is 1. The lowest BCUT2D eigenvalue weighted by atomic mass is 9.88. The molecule has 0 spiro atoms. The molecule has 10 heteroatoms. The van der Waals surface area contributed by atoms with Crippen LogP contribution in [0.15, 0.2) is 54.6 Å². The van der Waals surface area contributed by atoms with Gasteiger partial charge in [0.25, 0.3) is 5.69 Å². The van der Waals surface area contributed by atoms with Crippen LogP contribution < -0.4 is 10.6 Å². The maximum Gasteiger partial charge on any atom is 0.320 e. The minimum Gasteiger partial charge on any atom is -0.480 e. The number of carbonyl (C=O) groups is 2. The topological polar surface area (TPSA) is 128 Å². The van der Waals surface area contributed by atoms with Gasteiger partial charge in [0, 0.05) is 56.9 Å². The molecular weight excluding hydrogens is 546 g/mol. The third-order valence-corrected chi connectivity index (χ3v) is 9.05. The highest BCUT2D eigenvalue weighted by Crippen LogP contribution is 2.41. The van der Waals surface area contributed by atoms with E-state index in [1.165, 1.54) is 17.7 Å². The predicted octanol–water partition coefficient (Wildman–Crippen LogP) is 5.24. The summed E-state index contributed by atoms with van der Waals surface area (Å²) >= 11 is 0. The number of carbonyl (C=O) groups excluding carboxylic acids is 1. The second-order valence-electron chi connectivity index (χ2n) is 12.5. The van der Waals surface area contributed by atoms with Crippen LogP contribution in [0.3, 0.4) is 0 Å². The molecule has 10 nitrogen and oxygen atoms in total. The molecule has 43 heavy (non-hydrogen) atoms. The number of hydrogen-bond acceptors (Lipinski definition) is 6. The Kier molecular flexibility index (Phi) is 11.5. The number of nitro benzene ring substituents is 1. The van der Waals surface area contributed by atoms with Crippen LogP contribution >= 0.6 is 0 Å². The summed E-state index contributed by atoms with van der Waals surface area (Å²) in [4.78, 5) is 39.9.